The van der Waals surface area contributed by atoms with Gasteiger partial charge in [-0.1, -0.05) is 0 Å². The molecule has 11 heteroatoms. The molecule has 0 bridgehead atoms. The topological polar surface area (TPSA) is 170 Å². The van der Waals surface area contributed by atoms with Gasteiger partial charge in [-0.15, -0.1) is 0 Å². The first-order chi connectivity index (χ1) is 10.9. The zero-order valence-corrected chi connectivity index (χ0v) is 13.0. The van der Waals surface area contributed by atoms with Gasteiger partial charge in [0, 0.05) is 24.1 Å². The van der Waals surface area contributed by atoms with Crippen LogP contribution < -0.4 is 16.4 Å². The van der Waals surface area contributed by atoms with Gasteiger partial charge in [-0.2, -0.15) is 12.6 Å². The Morgan fingerprint density at radius 2 is 1.96 bits per heavy atom. The summed E-state index contributed by atoms with van der Waals surface area (Å²) in [5.41, 5.74) is 5.95. The van der Waals surface area contributed by atoms with Crippen molar-refractivity contribution in [2.45, 2.75) is 24.5 Å². The summed E-state index contributed by atoms with van der Waals surface area (Å²) in [4.78, 5) is 41.5. The molecule has 1 aromatic rings. The smallest absolute Gasteiger partial charge is 0.327 e. The van der Waals surface area contributed by atoms with E-state index >= 15 is 0 Å². The van der Waals surface area contributed by atoms with E-state index < -0.39 is 42.5 Å². The Kier molecular flexibility index (Phi) is 7.51. The number of aliphatic carboxylic acids is 1. The van der Waals surface area contributed by atoms with Gasteiger partial charge in [-0.25, -0.2) is 9.78 Å². The third-order valence-electron chi connectivity index (χ3n) is 2.94. The zero-order valence-electron chi connectivity index (χ0n) is 12.1. The summed E-state index contributed by atoms with van der Waals surface area (Å²) >= 11 is 3.85. The van der Waals surface area contributed by atoms with E-state index in [9.17, 15) is 14.4 Å². The van der Waals surface area contributed by atoms with Crippen molar-refractivity contribution in [2.24, 2.45) is 5.73 Å². The van der Waals surface area contributed by atoms with E-state index in [-0.39, 0.29) is 12.2 Å². The van der Waals surface area contributed by atoms with E-state index in [1.165, 1.54) is 12.5 Å². The molecule has 0 aliphatic carbocycles. The van der Waals surface area contributed by atoms with E-state index in [4.69, 9.17) is 15.9 Å². The van der Waals surface area contributed by atoms with Gasteiger partial charge in [0.25, 0.3) is 0 Å². The van der Waals surface area contributed by atoms with Crippen molar-refractivity contribution in [3.63, 3.8) is 0 Å². The lowest BCUT2D eigenvalue weighted by Crippen LogP contribution is -2.56. The fourth-order valence-electron chi connectivity index (χ4n) is 1.64. The summed E-state index contributed by atoms with van der Waals surface area (Å²) in [6.07, 6.45) is 2.92. The van der Waals surface area contributed by atoms with E-state index in [0.717, 1.165) is 0 Å². The number of amides is 2. The number of H-pyrrole nitrogens is 1. The first-order valence-electron chi connectivity index (χ1n) is 6.67. The molecule has 1 aromatic heterocycles. The maximum absolute atomic E-state index is 12.2. The van der Waals surface area contributed by atoms with Crippen molar-refractivity contribution in [1.29, 1.82) is 0 Å². The number of carbonyl (C=O) groups excluding carboxylic acids is 2. The number of carboxylic acids is 1. The van der Waals surface area contributed by atoms with Crippen LogP contribution in [0.25, 0.3) is 0 Å². The minimum absolute atomic E-state index is 0.0502. The van der Waals surface area contributed by atoms with Crippen LogP contribution in [0.1, 0.15) is 5.69 Å². The summed E-state index contributed by atoms with van der Waals surface area (Å²) in [7, 11) is 0. The number of aromatic amines is 1. The number of aliphatic hydroxyl groups is 1. The predicted octanol–water partition coefficient (Wildman–Crippen LogP) is -2.74. The fraction of sp³-hybridized carbons (Fsp3) is 0.500. The second-order valence-electron chi connectivity index (χ2n) is 4.71. The summed E-state index contributed by atoms with van der Waals surface area (Å²) in [5, 5.41) is 22.5. The Morgan fingerprint density at radius 3 is 2.43 bits per heavy atom. The highest BCUT2D eigenvalue weighted by molar-refractivity contribution is 7.80. The molecule has 0 spiro atoms. The Morgan fingerprint density at radius 1 is 1.30 bits per heavy atom. The third kappa shape index (κ3) is 5.88. The van der Waals surface area contributed by atoms with Gasteiger partial charge in [-0.05, 0) is 0 Å². The molecule has 1 rings (SSSR count). The number of aromatic nitrogens is 2. The molecule has 10 nitrogen and oxygen atoms in total. The van der Waals surface area contributed by atoms with Crippen LogP contribution in [0, 0.1) is 0 Å². The number of imidazole rings is 1. The Labute approximate surface area is 137 Å². The number of hydrogen-bond acceptors (Lipinski definition) is 7. The second-order valence-corrected chi connectivity index (χ2v) is 5.08. The minimum Gasteiger partial charge on any atom is -0.480 e. The lowest BCUT2D eigenvalue weighted by Gasteiger charge is -2.21. The van der Waals surface area contributed by atoms with Crippen LogP contribution in [-0.2, 0) is 20.8 Å². The fourth-order valence-corrected chi connectivity index (χ4v) is 1.89. The molecule has 0 radical (unpaired) electrons. The molecule has 7 N–H and O–H groups in total. The number of nitrogens with one attached hydrogen (secondary N) is 3. The SMILES string of the molecule is NC(CO)C(=O)NC(Cc1cnc[nH]1)C(=O)NC(CS)C(=O)O. The average molecular weight is 345 g/mol. The maximum Gasteiger partial charge on any atom is 0.327 e. The van der Waals surface area contributed by atoms with Gasteiger partial charge in [0.05, 0.1) is 12.9 Å². The maximum atomic E-state index is 12.2. The van der Waals surface area contributed by atoms with E-state index in [0.29, 0.717) is 5.69 Å². The van der Waals surface area contributed by atoms with Crippen LogP contribution in [0.3, 0.4) is 0 Å². The predicted molar refractivity (Wildman–Crippen MR) is 82.7 cm³/mol. The summed E-state index contributed by atoms with van der Waals surface area (Å²) in [6, 6.07) is -3.46. The van der Waals surface area contributed by atoms with E-state index in [1.54, 1.807) is 0 Å². The third-order valence-corrected chi connectivity index (χ3v) is 3.31. The number of carboxylic acid groups (broad SMARTS) is 1. The first-order valence-corrected chi connectivity index (χ1v) is 7.30. The molecule has 0 saturated heterocycles. The molecule has 0 aliphatic rings. The summed E-state index contributed by atoms with van der Waals surface area (Å²) < 4.78 is 0. The minimum atomic E-state index is -1.24. The molecule has 23 heavy (non-hydrogen) atoms. The molecular formula is C12H19N5O5S. The average Bonchev–Trinajstić information content (AvgIpc) is 3.03. The van der Waals surface area contributed by atoms with Crippen LogP contribution in [-0.4, -0.2) is 68.4 Å². The molecular weight excluding hydrogens is 326 g/mol. The zero-order chi connectivity index (χ0) is 17.4. The second kappa shape index (κ2) is 9.12. The van der Waals surface area contributed by atoms with Crippen LogP contribution in [0.15, 0.2) is 12.5 Å². The van der Waals surface area contributed by atoms with Crippen LogP contribution in [0.5, 0.6) is 0 Å². The highest BCUT2D eigenvalue weighted by Gasteiger charge is 2.27. The largest absolute Gasteiger partial charge is 0.480 e. The quantitative estimate of drug-likeness (QED) is 0.238. The van der Waals surface area contributed by atoms with Gasteiger partial charge in [0.1, 0.15) is 18.1 Å². The summed E-state index contributed by atoms with van der Waals surface area (Å²) in [6.45, 7) is -0.585. The Hall–Kier alpha value is -2.11. The molecule has 0 aromatic carbocycles. The van der Waals surface area contributed by atoms with Crippen molar-refractivity contribution >= 4 is 30.4 Å². The number of thiol groups is 1. The molecule has 3 atom stereocenters. The van der Waals surface area contributed by atoms with Crippen molar-refractivity contribution in [3.05, 3.63) is 18.2 Å². The highest BCUT2D eigenvalue weighted by Crippen LogP contribution is 2.01. The van der Waals surface area contributed by atoms with Crippen LogP contribution in [0.4, 0.5) is 0 Å². The number of carbonyl (C=O) groups is 3. The summed E-state index contributed by atoms with van der Waals surface area (Å²) in [5.74, 6) is -2.79. The van der Waals surface area contributed by atoms with Crippen molar-refractivity contribution in [1.82, 2.24) is 20.6 Å². The monoisotopic (exact) mass is 345 g/mol. The molecule has 2 amide bonds. The standard InChI is InChI=1S/C12H19N5O5S/c13-7(3-18)10(19)16-8(1-6-2-14-5-15-6)11(20)17-9(4-23)12(21)22/h2,5,7-9,18,23H,1,3-4,13H2,(H,14,15)(H,16,19)(H,17,20)(H,21,22). The molecule has 0 fully saturated rings. The molecule has 0 saturated carbocycles. The number of aliphatic hydroxyl groups excluding tert-OH is 1. The molecule has 0 aliphatic heterocycles. The normalized spacial score (nSPS) is 14.6. The Balaban J connectivity index is 2.82. The van der Waals surface area contributed by atoms with Crippen molar-refractivity contribution in [3.8, 4) is 0 Å². The molecule has 3 unspecified atom stereocenters. The number of nitrogens with zero attached hydrogens (tertiary/aromatic N) is 1. The first kappa shape index (κ1) is 18.9. The number of rotatable bonds is 9. The Bertz CT molecular complexity index is 538. The van der Waals surface area contributed by atoms with Crippen LogP contribution in [0.2, 0.25) is 0 Å². The van der Waals surface area contributed by atoms with E-state index in [2.05, 4.69) is 33.2 Å². The number of hydrogen-bond donors (Lipinski definition) is 7. The van der Waals surface area contributed by atoms with Crippen molar-refractivity contribution in [2.75, 3.05) is 12.4 Å². The van der Waals surface area contributed by atoms with Gasteiger partial charge in [-0.3, -0.25) is 9.59 Å². The van der Waals surface area contributed by atoms with Crippen LogP contribution >= 0.6 is 12.6 Å². The van der Waals surface area contributed by atoms with Gasteiger partial charge in [0.15, 0.2) is 0 Å². The van der Waals surface area contributed by atoms with Gasteiger partial charge in [0.2, 0.25) is 11.8 Å². The van der Waals surface area contributed by atoms with Gasteiger partial charge < -0.3 is 31.6 Å². The van der Waals surface area contributed by atoms with E-state index in [1.807, 2.05) is 0 Å². The number of nitrogens with two attached hydrogens (primary N) is 1. The lowest BCUT2D eigenvalue weighted by molar-refractivity contribution is -0.141. The lowest BCUT2D eigenvalue weighted by atomic mass is 10.1. The van der Waals surface area contributed by atoms with Crippen molar-refractivity contribution < 1.29 is 24.6 Å². The molecule has 1 heterocycles. The van der Waals surface area contributed by atoms with Gasteiger partial charge >= 0.3 is 5.97 Å². The highest BCUT2D eigenvalue weighted by atomic mass is 32.1. The molecule has 128 valence electrons.